The Morgan fingerprint density at radius 3 is 2.53 bits per heavy atom. The van der Waals surface area contributed by atoms with Crippen LogP contribution in [-0.4, -0.2) is 32.5 Å². The third kappa shape index (κ3) is 4.51. The molecule has 90 valence electrons. The fourth-order valence-corrected chi connectivity index (χ4v) is 2.91. The zero-order chi connectivity index (χ0) is 11.3. The first kappa shape index (κ1) is 13.0. The van der Waals surface area contributed by atoms with Gasteiger partial charge in [-0.1, -0.05) is 20.3 Å². The van der Waals surface area contributed by atoms with E-state index in [0.717, 1.165) is 5.92 Å². The van der Waals surface area contributed by atoms with E-state index in [0.29, 0.717) is 12.6 Å². The van der Waals surface area contributed by atoms with Crippen molar-refractivity contribution in [2.45, 2.75) is 45.6 Å². The van der Waals surface area contributed by atoms with E-state index in [1.807, 2.05) is 0 Å². The van der Waals surface area contributed by atoms with Crippen LogP contribution in [0.2, 0.25) is 0 Å². The van der Waals surface area contributed by atoms with E-state index in [4.69, 9.17) is 0 Å². The summed E-state index contributed by atoms with van der Waals surface area (Å²) in [6, 6.07) is 0.557. The molecule has 0 aliphatic heterocycles. The molecule has 1 N–H and O–H groups in total. The molecular weight excluding hydrogens is 210 g/mol. The van der Waals surface area contributed by atoms with Crippen LogP contribution >= 0.6 is 0 Å². The summed E-state index contributed by atoms with van der Waals surface area (Å²) in [6.45, 7) is 4.56. The van der Waals surface area contributed by atoms with Crippen molar-refractivity contribution in [3.05, 3.63) is 0 Å². The van der Waals surface area contributed by atoms with Crippen LogP contribution in [-0.2, 0) is 9.84 Å². The van der Waals surface area contributed by atoms with Crippen molar-refractivity contribution in [3.8, 4) is 0 Å². The first-order valence-corrected chi connectivity index (χ1v) is 7.83. The van der Waals surface area contributed by atoms with Crippen LogP contribution in [0.25, 0.3) is 0 Å². The van der Waals surface area contributed by atoms with Gasteiger partial charge in [-0.2, -0.15) is 0 Å². The van der Waals surface area contributed by atoms with Crippen LogP contribution in [0.5, 0.6) is 0 Å². The molecule has 0 aromatic heterocycles. The summed E-state index contributed by atoms with van der Waals surface area (Å²) in [5.41, 5.74) is 0. The molecule has 1 aliphatic rings. The topological polar surface area (TPSA) is 46.2 Å². The summed E-state index contributed by atoms with van der Waals surface area (Å²) >= 11 is 0. The highest BCUT2D eigenvalue weighted by molar-refractivity contribution is 7.91. The molecule has 1 fully saturated rings. The molecule has 1 rings (SSSR count). The fourth-order valence-electron chi connectivity index (χ4n) is 2.19. The van der Waals surface area contributed by atoms with E-state index < -0.39 is 9.84 Å². The van der Waals surface area contributed by atoms with E-state index in [1.165, 1.54) is 25.7 Å². The highest BCUT2D eigenvalue weighted by atomic mass is 32.2. The Morgan fingerprint density at radius 2 is 2.00 bits per heavy atom. The Balaban J connectivity index is 2.17. The number of hydrogen-bond donors (Lipinski definition) is 1. The Labute approximate surface area is 93.6 Å². The van der Waals surface area contributed by atoms with Gasteiger partial charge in [-0.3, -0.25) is 0 Å². The summed E-state index contributed by atoms with van der Waals surface area (Å²) in [6.07, 6.45) is 4.99. The van der Waals surface area contributed by atoms with Crippen molar-refractivity contribution in [1.82, 2.24) is 5.32 Å². The molecule has 0 aromatic carbocycles. The molecule has 1 saturated carbocycles. The van der Waals surface area contributed by atoms with Gasteiger partial charge in [0.2, 0.25) is 0 Å². The largest absolute Gasteiger partial charge is 0.313 e. The first-order valence-electron chi connectivity index (χ1n) is 6.01. The third-order valence-corrected chi connectivity index (χ3v) is 5.11. The monoisotopic (exact) mass is 233 g/mol. The van der Waals surface area contributed by atoms with Crippen LogP contribution in [0.15, 0.2) is 0 Å². The lowest BCUT2D eigenvalue weighted by Crippen LogP contribution is -2.31. The molecule has 3 nitrogen and oxygen atoms in total. The zero-order valence-corrected chi connectivity index (χ0v) is 10.6. The molecule has 15 heavy (non-hydrogen) atoms. The van der Waals surface area contributed by atoms with E-state index >= 15 is 0 Å². The predicted molar refractivity (Wildman–Crippen MR) is 63.8 cm³/mol. The van der Waals surface area contributed by atoms with Gasteiger partial charge in [-0.15, -0.1) is 0 Å². The molecule has 4 heteroatoms. The SMILES string of the molecule is CCC1CCC(NCCS(=O)(=O)CC)C1. The summed E-state index contributed by atoms with van der Waals surface area (Å²) in [7, 11) is -2.79. The number of rotatable bonds is 6. The van der Waals surface area contributed by atoms with Gasteiger partial charge in [0.05, 0.1) is 5.75 Å². The van der Waals surface area contributed by atoms with Gasteiger partial charge >= 0.3 is 0 Å². The number of hydrogen-bond acceptors (Lipinski definition) is 3. The van der Waals surface area contributed by atoms with Crippen molar-refractivity contribution in [3.63, 3.8) is 0 Å². The average molecular weight is 233 g/mol. The maximum absolute atomic E-state index is 11.3. The lowest BCUT2D eigenvalue weighted by molar-refractivity contribution is 0.484. The molecule has 0 spiro atoms. The van der Waals surface area contributed by atoms with Gasteiger partial charge < -0.3 is 5.32 Å². The molecule has 0 heterocycles. The first-order chi connectivity index (χ1) is 7.07. The standard InChI is InChI=1S/C11H23NO2S/c1-3-10-5-6-11(9-10)12-7-8-15(13,14)4-2/h10-12H,3-9H2,1-2H3. The number of nitrogens with one attached hydrogen (secondary N) is 1. The highest BCUT2D eigenvalue weighted by Gasteiger charge is 2.22. The van der Waals surface area contributed by atoms with E-state index in [9.17, 15) is 8.42 Å². The van der Waals surface area contributed by atoms with Crippen LogP contribution < -0.4 is 5.32 Å². The van der Waals surface area contributed by atoms with Crippen molar-refractivity contribution >= 4 is 9.84 Å². The van der Waals surface area contributed by atoms with Gasteiger partial charge in [0.15, 0.2) is 9.84 Å². The van der Waals surface area contributed by atoms with Crippen LogP contribution in [0.1, 0.15) is 39.5 Å². The maximum atomic E-state index is 11.3. The minimum atomic E-state index is -2.79. The third-order valence-electron chi connectivity index (χ3n) is 3.40. The fraction of sp³-hybridized carbons (Fsp3) is 1.00. The summed E-state index contributed by atoms with van der Waals surface area (Å²) < 4.78 is 22.5. The van der Waals surface area contributed by atoms with Gasteiger partial charge in [-0.05, 0) is 25.2 Å². The zero-order valence-electron chi connectivity index (χ0n) is 9.83. The number of sulfone groups is 1. The summed E-state index contributed by atoms with van der Waals surface area (Å²) in [4.78, 5) is 0. The van der Waals surface area contributed by atoms with Crippen molar-refractivity contribution in [2.24, 2.45) is 5.92 Å². The Bertz CT molecular complexity index is 274. The minimum Gasteiger partial charge on any atom is -0.313 e. The second-order valence-corrected chi connectivity index (χ2v) is 6.95. The summed E-state index contributed by atoms with van der Waals surface area (Å²) in [5, 5.41) is 3.36. The summed E-state index contributed by atoms with van der Waals surface area (Å²) in [5.74, 6) is 1.40. The Morgan fingerprint density at radius 1 is 1.27 bits per heavy atom. The lowest BCUT2D eigenvalue weighted by atomic mass is 10.1. The minimum absolute atomic E-state index is 0.261. The second-order valence-electron chi connectivity index (χ2n) is 4.47. The van der Waals surface area contributed by atoms with Crippen molar-refractivity contribution in [2.75, 3.05) is 18.1 Å². The Kier molecular flexibility index (Phi) is 5.06. The highest BCUT2D eigenvalue weighted by Crippen LogP contribution is 2.27. The molecular formula is C11H23NO2S. The van der Waals surface area contributed by atoms with Crippen LogP contribution in [0, 0.1) is 5.92 Å². The second kappa shape index (κ2) is 5.85. The van der Waals surface area contributed by atoms with Gasteiger partial charge in [0, 0.05) is 18.3 Å². The molecule has 0 amide bonds. The van der Waals surface area contributed by atoms with E-state index in [1.54, 1.807) is 6.92 Å². The van der Waals surface area contributed by atoms with Crippen LogP contribution in [0.3, 0.4) is 0 Å². The normalized spacial score (nSPS) is 27.1. The molecule has 0 aromatic rings. The van der Waals surface area contributed by atoms with Gasteiger partial charge in [-0.25, -0.2) is 8.42 Å². The molecule has 1 aliphatic carbocycles. The Hall–Kier alpha value is -0.0900. The molecule has 0 bridgehead atoms. The van der Waals surface area contributed by atoms with E-state index in [-0.39, 0.29) is 11.5 Å². The van der Waals surface area contributed by atoms with Crippen molar-refractivity contribution in [1.29, 1.82) is 0 Å². The van der Waals surface area contributed by atoms with E-state index in [2.05, 4.69) is 12.2 Å². The van der Waals surface area contributed by atoms with Crippen molar-refractivity contribution < 1.29 is 8.42 Å². The van der Waals surface area contributed by atoms with Gasteiger partial charge in [0.25, 0.3) is 0 Å². The van der Waals surface area contributed by atoms with Crippen LogP contribution in [0.4, 0.5) is 0 Å². The van der Waals surface area contributed by atoms with Gasteiger partial charge in [0.1, 0.15) is 0 Å². The molecule has 2 unspecified atom stereocenters. The predicted octanol–water partition coefficient (Wildman–Crippen LogP) is 1.59. The molecule has 0 saturated heterocycles. The lowest BCUT2D eigenvalue weighted by Gasteiger charge is -2.12. The quantitative estimate of drug-likeness (QED) is 0.758. The average Bonchev–Trinajstić information content (AvgIpc) is 2.66. The smallest absolute Gasteiger partial charge is 0.151 e. The maximum Gasteiger partial charge on any atom is 0.151 e. The molecule has 2 atom stereocenters. The molecule has 0 radical (unpaired) electrons.